The summed E-state index contributed by atoms with van der Waals surface area (Å²) in [7, 11) is 0. The summed E-state index contributed by atoms with van der Waals surface area (Å²) in [6, 6.07) is 5.59. The molecule has 0 aliphatic carbocycles. The molecule has 0 heterocycles. The van der Waals surface area contributed by atoms with Gasteiger partial charge in [0, 0.05) is 6.42 Å². The van der Waals surface area contributed by atoms with E-state index < -0.39 is 0 Å². The highest BCUT2D eigenvalue weighted by Gasteiger charge is 2.08. The highest BCUT2D eigenvalue weighted by molar-refractivity contribution is 5.96. The first-order valence-electron chi connectivity index (χ1n) is 5.33. The van der Waals surface area contributed by atoms with Crippen LogP contribution in [0.3, 0.4) is 0 Å². The van der Waals surface area contributed by atoms with E-state index in [1.165, 1.54) is 0 Å². The number of rotatable bonds is 5. The molecule has 0 radical (unpaired) electrons. The largest absolute Gasteiger partial charge is 0.493 e. The minimum atomic E-state index is 0.0203. The second-order valence-corrected chi connectivity index (χ2v) is 3.71. The molecule has 0 aliphatic heterocycles. The molecule has 0 fully saturated rings. The number of hydrogen-bond donors (Lipinski definition) is 0. The van der Waals surface area contributed by atoms with Gasteiger partial charge in [0.1, 0.15) is 5.75 Å². The molecule has 0 aliphatic rings. The predicted octanol–water partition coefficient (Wildman–Crippen LogP) is 2.99. The summed E-state index contributed by atoms with van der Waals surface area (Å²) in [6.45, 7) is 4.06. The Kier molecular flexibility index (Phi) is 4.60. The normalized spacial score (nSPS) is 9.56. The first-order chi connectivity index (χ1) is 7.65. The first-order valence-corrected chi connectivity index (χ1v) is 5.33. The Morgan fingerprint density at radius 1 is 1.50 bits per heavy atom. The lowest BCUT2D eigenvalue weighted by Gasteiger charge is -2.09. The Morgan fingerprint density at radius 3 is 2.88 bits per heavy atom. The molecule has 0 saturated carbocycles. The number of unbranched alkanes of at least 4 members (excludes halogenated alkanes) is 1. The average molecular weight is 216 g/mol. The van der Waals surface area contributed by atoms with Crippen molar-refractivity contribution < 1.29 is 9.53 Å². The zero-order valence-corrected chi connectivity index (χ0v) is 9.75. The van der Waals surface area contributed by atoms with E-state index in [-0.39, 0.29) is 5.78 Å². The molecule has 0 N–H and O–H groups in total. The van der Waals surface area contributed by atoms with Gasteiger partial charge in [-0.05, 0) is 38.0 Å². The van der Waals surface area contributed by atoms with Crippen molar-refractivity contribution in [3.63, 3.8) is 0 Å². The summed E-state index contributed by atoms with van der Waals surface area (Å²) < 4.78 is 5.56. The molecule has 0 atom stereocenters. The fourth-order valence-electron chi connectivity index (χ4n) is 1.40. The maximum absolute atomic E-state index is 11.4. The number of benzene rings is 1. The van der Waals surface area contributed by atoms with Crippen LogP contribution in [0.1, 0.15) is 35.7 Å². The number of ether oxygens (including phenoxy) is 1. The third kappa shape index (κ3) is 3.43. The van der Waals surface area contributed by atoms with Gasteiger partial charge in [-0.25, -0.2) is 0 Å². The van der Waals surface area contributed by atoms with Gasteiger partial charge < -0.3 is 4.74 Å². The van der Waals surface area contributed by atoms with Crippen LogP contribution in [0.4, 0.5) is 0 Å². The number of hydrogen-bond acceptors (Lipinski definition) is 2. The fourth-order valence-corrected chi connectivity index (χ4v) is 1.40. The molecule has 1 aromatic carbocycles. The smallest absolute Gasteiger partial charge is 0.163 e. The monoisotopic (exact) mass is 216 g/mol. The number of ketones is 1. The van der Waals surface area contributed by atoms with Crippen LogP contribution in [-0.4, -0.2) is 12.4 Å². The molecular weight excluding hydrogens is 200 g/mol. The van der Waals surface area contributed by atoms with Gasteiger partial charge in [0.25, 0.3) is 0 Å². The van der Waals surface area contributed by atoms with Crippen molar-refractivity contribution in [2.24, 2.45) is 0 Å². The van der Waals surface area contributed by atoms with Crippen LogP contribution in [0, 0.1) is 19.3 Å². The Labute approximate surface area is 96.6 Å². The SMILES string of the molecule is C#CCCCOc1cc(C)ccc1C(C)=O. The fraction of sp³-hybridized carbons (Fsp3) is 0.357. The molecule has 1 rings (SSSR count). The maximum Gasteiger partial charge on any atom is 0.163 e. The summed E-state index contributed by atoms with van der Waals surface area (Å²) in [5.74, 6) is 3.23. The van der Waals surface area contributed by atoms with Crippen LogP contribution >= 0.6 is 0 Å². The van der Waals surface area contributed by atoms with Gasteiger partial charge in [-0.1, -0.05) is 6.07 Å². The van der Waals surface area contributed by atoms with Crippen LogP contribution in [0.2, 0.25) is 0 Å². The van der Waals surface area contributed by atoms with Crippen molar-refractivity contribution in [3.05, 3.63) is 29.3 Å². The van der Waals surface area contributed by atoms with E-state index >= 15 is 0 Å². The van der Waals surface area contributed by atoms with Crippen molar-refractivity contribution in [2.75, 3.05) is 6.61 Å². The highest BCUT2D eigenvalue weighted by Crippen LogP contribution is 2.21. The number of carbonyl (C=O) groups is 1. The van der Waals surface area contributed by atoms with Crippen LogP contribution < -0.4 is 4.74 Å². The number of Topliss-reactive ketones (excluding diaryl/α,β-unsaturated/α-hetero) is 1. The molecule has 1 aromatic rings. The molecular formula is C14H16O2. The van der Waals surface area contributed by atoms with Crippen LogP contribution in [-0.2, 0) is 0 Å². The van der Waals surface area contributed by atoms with Crippen molar-refractivity contribution in [1.29, 1.82) is 0 Å². The molecule has 0 amide bonds. The number of carbonyl (C=O) groups excluding carboxylic acids is 1. The van der Waals surface area contributed by atoms with Gasteiger partial charge in [0.15, 0.2) is 5.78 Å². The summed E-state index contributed by atoms with van der Waals surface area (Å²) >= 11 is 0. The van der Waals surface area contributed by atoms with E-state index in [2.05, 4.69) is 5.92 Å². The van der Waals surface area contributed by atoms with E-state index in [0.717, 1.165) is 12.0 Å². The summed E-state index contributed by atoms with van der Waals surface area (Å²) in [5, 5.41) is 0. The second-order valence-electron chi connectivity index (χ2n) is 3.71. The minimum Gasteiger partial charge on any atom is -0.493 e. The highest BCUT2D eigenvalue weighted by atomic mass is 16.5. The lowest BCUT2D eigenvalue weighted by atomic mass is 10.1. The Morgan fingerprint density at radius 2 is 2.25 bits per heavy atom. The molecule has 0 aromatic heterocycles. The van der Waals surface area contributed by atoms with Crippen molar-refractivity contribution >= 4 is 5.78 Å². The number of aryl methyl sites for hydroxylation is 1. The zero-order chi connectivity index (χ0) is 12.0. The van der Waals surface area contributed by atoms with E-state index in [1.54, 1.807) is 13.0 Å². The van der Waals surface area contributed by atoms with Gasteiger partial charge >= 0.3 is 0 Å². The molecule has 0 saturated heterocycles. The predicted molar refractivity (Wildman–Crippen MR) is 64.7 cm³/mol. The zero-order valence-electron chi connectivity index (χ0n) is 9.75. The molecule has 0 bridgehead atoms. The molecule has 2 nitrogen and oxygen atoms in total. The van der Waals surface area contributed by atoms with Crippen molar-refractivity contribution in [3.8, 4) is 18.1 Å². The van der Waals surface area contributed by atoms with Crippen LogP contribution in [0.15, 0.2) is 18.2 Å². The Hall–Kier alpha value is -1.75. The standard InChI is InChI=1S/C14H16O2/c1-4-5-6-9-16-14-10-11(2)7-8-13(14)12(3)15/h1,7-8,10H,5-6,9H2,2-3H3. The molecule has 0 unspecified atom stereocenters. The molecule has 84 valence electrons. The van der Waals surface area contributed by atoms with Gasteiger partial charge in [-0.2, -0.15) is 0 Å². The summed E-state index contributed by atoms with van der Waals surface area (Å²) in [4.78, 5) is 11.4. The van der Waals surface area contributed by atoms with Crippen LogP contribution in [0.25, 0.3) is 0 Å². The van der Waals surface area contributed by atoms with Gasteiger partial charge in [0.2, 0.25) is 0 Å². The van der Waals surface area contributed by atoms with E-state index in [9.17, 15) is 4.79 Å². The van der Waals surface area contributed by atoms with Gasteiger partial charge in [-0.15, -0.1) is 12.3 Å². The number of terminal acetylenes is 1. The quantitative estimate of drug-likeness (QED) is 0.429. The molecule has 16 heavy (non-hydrogen) atoms. The minimum absolute atomic E-state index is 0.0203. The van der Waals surface area contributed by atoms with E-state index in [0.29, 0.717) is 24.3 Å². The van der Waals surface area contributed by atoms with Gasteiger partial charge in [-0.3, -0.25) is 4.79 Å². The van der Waals surface area contributed by atoms with E-state index in [4.69, 9.17) is 11.2 Å². The first kappa shape index (κ1) is 12.3. The van der Waals surface area contributed by atoms with Crippen molar-refractivity contribution in [1.82, 2.24) is 0 Å². The maximum atomic E-state index is 11.4. The molecule has 0 spiro atoms. The lowest BCUT2D eigenvalue weighted by Crippen LogP contribution is -2.03. The van der Waals surface area contributed by atoms with E-state index in [1.807, 2.05) is 19.1 Å². The van der Waals surface area contributed by atoms with Crippen molar-refractivity contribution in [2.45, 2.75) is 26.7 Å². The molecule has 2 heteroatoms. The Balaban J connectivity index is 2.73. The lowest BCUT2D eigenvalue weighted by molar-refractivity contribution is 0.101. The summed E-state index contributed by atoms with van der Waals surface area (Å²) in [6.07, 6.45) is 6.65. The summed E-state index contributed by atoms with van der Waals surface area (Å²) in [5.41, 5.74) is 1.71. The average Bonchev–Trinajstić information content (AvgIpc) is 2.24. The van der Waals surface area contributed by atoms with Gasteiger partial charge in [0.05, 0.1) is 12.2 Å². The second kappa shape index (κ2) is 5.97. The Bertz CT molecular complexity index is 413. The third-order valence-electron chi connectivity index (χ3n) is 2.24. The van der Waals surface area contributed by atoms with Crippen LogP contribution in [0.5, 0.6) is 5.75 Å². The third-order valence-corrected chi connectivity index (χ3v) is 2.24. The topological polar surface area (TPSA) is 26.3 Å².